The minimum atomic E-state index is -0.0189. The summed E-state index contributed by atoms with van der Waals surface area (Å²) in [5.41, 5.74) is 0. The van der Waals surface area contributed by atoms with Crippen molar-refractivity contribution in [2.45, 2.75) is 32.7 Å². The van der Waals surface area contributed by atoms with Crippen molar-refractivity contribution in [2.75, 3.05) is 13.1 Å². The van der Waals surface area contributed by atoms with Crippen LogP contribution < -0.4 is 10.6 Å². The van der Waals surface area contributed by atoms with E-state index in [0.29, 0.717) is 25.4 Å². The molecule has 1 aliphatic carbocycles. The molecule has 1 aliphatic rings. The van der Waals surface area contributed by atoms with Gasteiger partial charge in [-0.15, -0.1) is 0 Å². The van der Waals surface area contributed by atoms with Gasteiger partial charge in [0, 0.05) is 44.4 Å². The maximum atomic E-state index is 11.6. The summed E-state index contributed by atoms with van der Waals surface area (Å²) in [6.07, 6.45) is 5.80. The molecule has 0 saturated heterocycles. The monoisotopic (exact) mass is 278 g/mol. The summed E-state index contributed by atoms with van der Waals surface area (Å²) in [5.74, 6) is 0.747. The van der Waals surface area contributed by atoms with Crippen molar-refractivity contribution in [3.05, 3.63) is 18.5 Å². The first-order chi connectivity index (χ1) is 9.66. The molecule has 1 saturated carbocycles. The van der Waals surface area contributed by atoms with Crippen molar-refractivity contribution in [3.8, 4) is 0 Å². The van der Waals surface area contributed by atoms with Crippen molar-refractivity contribution < 1.29 is 9.59 Å². The lowest BCUT2D eigenvalue weighted by Crippen LogP contribution is -2.32. The highest BCUT2D eigenvalue weighted by Crippen LogP contribution is 2.37. The molecule has 2 atom stereocenters. The number of aromatic nitrogens is 2. The summed E-state index contributed by atoms with van der Waals surface area (Å²) >= 11 is 0. The smallest absolute Gasteiger partial charge is 0.223 e. The molecule has 0 unspecified atom stereocenters. The van der Waals surface area contributed by atoms with E-state index in [4.69, 9.17) is 0 Å². The van der Waals surface area contributed by atoms with Gasteiger partial charge in [0.2, 0.25) is 11.8 Å². The Morgan fingerprint density at radius 1 is 1.35 bits per heavy atom. The van der Waals surface area contributed by atoms with E-state index >= 15 is 0 Å². The van der Waals surface area contributed by atoms with Crippen LogP contribution in [0.5, 0.6) is 0 Å². The number of carbonyl (C=O) groups is 2. The number of nitrogens with one attached hydrogen (secondary N) is 2. The molecular weight excluding hydrogens is 256 g/mol. The minimum Gasteiger partial charge on any atom is -0.356 e. The molecule has 0 aromatic carbocycles. The molecule has 2 amide bonds. The maximum absolute atomic E-state index is 11.6. The normalized spacial score (nSPS) is 20.4. The Kier molecular flexibility index (Phi) is 5.15. The Hall–Kier alpha value is -1.85. The number of carbonyl (C=O) groups excluding carboxylic acids is 2. The number of aryl methyl sites for hydroxylation is 1. The van der Waals surface area contributed by atoms with E-state index < -0.39 is 0 Å². The SMILES string of the molecule is C[C@@H]1C[C@@H]1C(=O)NCCC(=O)NCCCn1cccn1. The van der Waals surface area contributed by atoms with E-state index in [1.54, 1.807) is 6.20 Å². The van der Waals surface area contributed by atoms with Gasteiger partial charge in [0.25, 0.3) is 0 Å². The quantitative estimate of drug-likeness (QED) is 0.682. The number of hydrogen-bond acceptors (Lipinski definition) is 3. The van der Waals surface area contributed by atoms with Crippen LogP contribution in [0, 0.1) is 11.8 Å². The van der Waals surface area contributed by atoms with Crippen LogP contribution in [-0.2, 0) is 16.1 Å². The Bertz CT molecular complexity index is 444. The maximum Gasteiger partial charge on any atom is 0.223 e. The summed E-state index contributed by atoms with van der Waals surface area (Å²) in [5, 5.41) is 9.73. The molecule has 2 N–H and O–H groups in total. The molecule has 1 heterocycles. The van der Waals surface area contributed by atoms with Crippen LogP contribution in [0.3, 0.4) is 0 Å². The van der Waals surface area contributed by atoms with Crippen molar-refractivity contribution in [1.29, 1.82) is 0 Å². The first-order valence-electron chi connectivity index (χ1n) is 7.18. The second-order valence-corrected chi connectivity index (χ2v) is 5.33. The predicted molar refractivity (Wildman–Crippen MR) is 74.8 cm³/mol. The first-order valence-corrected chi connectivity index (χ1v) is 7.18. The topological polar surface area (TPSA) is 76.0 Å². The standard InChI is InChI=1S/C14H22N4O2/c1-11-10-12(11)14(20)16-7-4-13(19)15-5-2-8-18-9-3-6-17-18/h3,6,9,11-12H,2,4-5,7-8,10H2,1H3,(H,15,19)(H,16,20)/t11-,12+/m1/s1. The molecule has 2 rings (SSSR count). The van der Waals surface area contributed by atoms with Gasteiger partial charge in [-0.05, 0) is 24.8 Å². The molecule has 1 aromatic rings. The summed E-state index contributed by atoms with van der Waals surface area (Å²) in [4.78, 5) is 23.1. The van der Waals surface area contributed by atoms with Gasteiger partial charge in [-0.25, -0.2) is 0 Å². The van der Waals surface area contributed by atoms with Crippen molar-refractivity contribution in [1.82, 2.24) is 20.4 Å². The minimum absolute atomic E-state index is 0.0189. The van der Waals surface area contributed by atoms with E-state index in [1.807, 2.05) is 16.9 Å². The third kappa shape index (κ3) is 4.68. The van der Waals surface area contributed by atoms with E-state index in [1.165, 1.54) is 0 Å². The highest BCUT2D eigenvalue weighted by molar-refractivity contribution is 5.82. The summed E-state index contributed by atoms with van der Waals surface area (Å²) in [6.45, 7) is 3.92. The van der Waals surface area contributed by atoms with Crippen LogP contribution in [0.15, 0.2) is 18.5 Å². The molecule has 0 radical (unpaired) electrons. The lowest BCUT2D eigenvalue weighted by atomic mass is 10.3. The Balaban J connectivity index is 1.47. The average molecular weight is 278 g/mol. The Labute approximate surface area is 118 Å². The number of amides is 2. The Morgan fingerprint density at radius 2 is 2.15 bits per heavy atom. The second-order valence-electron chi connectivity index (χ2n) is 5.33. The number of hydrogen-bond donors (Lipinski definition) is 2. The molecule has 0 bridgehead atoms. The molecule has 0 aliphatic heterocycles. The van der Waals surface area contributed by atoms with Gasteiger partial charge in [0.1, 0.15) is 0 Å². The van der Waals surface area contributed by atoms with Crippen molar-refractivity contribution >= 4 is 11.8 Å². The zero-order valence-corrected chi connectivity index (χ0v) is 11.8. The fourth-order valence-electron chi connectivity index (χ4n) is 2.11. The number of nitrogens with zero attached hydrogens (tertiary/aromatic N) is 2. The van der Waals surface area contributed by atoms with E-state index in [-0.39, 0.29) is 17.7 Å². The molecule has 1 aromatic heterocycles. The third-order valence-corrected chi connectivity index (χ3v) is 3.54. The molecule has 20 heavy (non-hydrogen) atoms. The summed E-state index contributed by atoms with van der Waals surface area (Å²) < 4.78 is 1.84. The van der Waals surface area contributed by atoms with E-state index in [9.17, 15) is 9.59 Å². The average Bonchev–Trinajstić information content (AvgIpc) is 2.94. The highest BCUT2D eigenvalue weighted by atomic mass is 16.2. The first kappa shape index (κ1) is 14.6. The van der Waals surface area contributed by atoms with Crippen molar-refractivity contribution in [3.63, 3.8) is 0 Å². The molecule has 0 spiro atoms. The largest absolute Gasteiger partial charge is 0.356 e. The van der Waals surface area contributed by atoms with Gasteiger partial charge in [0.05, 0.1) is 0 Å². The molecule has 1 fully saturated rings. The van der Waals surface area contributed by atoms with Gasteiger partial charge >= 0.3 is 0 Å². The lowest BCUT2D eigenvalue weighted by molar-refractivity contribution is -0.123. The molecular formula is C14H22N4O2. The number of rotatable bonds is 8. The van der Waals surface area contributed by atoms with Gasteiger partial charge in [-0.3, -0.25) is 14.3 Å². The fraction of sp³-hybridized carbons (Fsp3) is 0.643. The van der Waals surface area contributed by atoms with Crippen LogP contribution in [0.1, 0.15) is 26.2 Å². The van der Waals surface area contributed by atoms with E-state index in [0.717, 1.165) is 19.4 Å². The van der Waals surface area contributed by atoms with Crippen LogP contribution in [0.4, 0.5) is 0 Å². The van der Waals surface area contributed by atoms with E-state index in [2.05, 4.69) is 22.7 Å². The molecule has 6 nitrogen and oxygen atoms in total. The zero-order valence-electron chi connectivity index (χ0n) is 11.8. The highest BCUT2D eigenvalue weighted by Gasteiger charge is 2.38. The van der Waals surface area contributed by atoms with Crippen LogP contribution in [0.2, 0.25) is 0 Å². The summed E-state index contributed by atoms with van der Waals surface area (Å²) in [6, 6.07) is 1.88. The Morgan fingerprint density at radius 3 is 2.80 bits per heavy atom. The van der Waals surface area contributed by atoms with Crippen LogP contribution in [-0.4, -0.2) is 34.7 Å². The van der Waals surface area contributed by atoms with Crippen molar-refractivity contribution in [2.24, 2.45) is 11.8 Å². The second kappa shape index (κ2) is 7.07. The predicted octanol–water partition coefficient (Wildman–Crippen LogP) is 0.552. The van der Waals surface area contributed by atoms with Gasteiger partial charge in [-0.1, -0.05) is 6.92 Å². The molecule has 6 heteroatoms. The molecule has 110 valence electrons. The lowest BCUT2D eigenvalue weighted by Gasteiger charge is -2.06. The van der Waals surface area contributed by atoms with Crippen LogP contribution in [0.25, 0.3) is 0 Å². The fourth-order valence-corrected chi connectivity index (χ4v) is 2.11. The van der Waals surface area contributed by atoms with Crippen LogP contribution >= 0.6 is 0 Å². The summed E-state index contributed by atoms with van der Waals surface area (Å²) in [7, 11) is 0. The third-order valence-electron chi connectivity index (χ3n) is 3.54. The van der Waals surface area contributed by atoms with Gasteiger partial charge < -0.3 is 10.6 Å². The van der Waals surface area contributed by atoms with Gasteiger partial charge in [-0.2, -0.15) is 5.10 Å². The zero-order chi connectivity index (χ0) is 14.4. The van der Waals surface area contributed by atoms with Gasteiger partial charge in [0.15, 0.2) is 0 Å².